The van der Waals surface area contributed by atoms with Gasteiger partial charge in [-0.3, -0.25) is 0 Å². The lowest BCUT2D eigenvalue weighted by Crippen LogP contribution is -2.30. The molecule has 78 valence electrons. The molecule has 1 aromatic carbocycles. The Morgan fingerprint density at radius 3 is 3.07 bits per heavy atom. The van der Waals surface area contributed by atoms with Crippen molar-refractivity contribution in [3.63, 3.8) is 0 Å². The monoisotopic (exact) mass is 199 g/mol. The van der Waals surface area contributed by atoms with Gasteiger partial charge < -0.3 is 4.90 Å². The van der Waals surface area contributed by atoms with Gasteiger partial charge in [-0.25, -0.2) is 0 Å². The summed E-state index contributed by atoms with van der Waals surface area (Å²) in [6.45, 7) is 2.28. The number of hydrogen-bond donors (Lipinski definition) is 0. The Balaban J connectivity index is 2.06. The summed E-state index contributed by atoms with van der Waals surface area (Å²) in [5, 5.41) is 0. The molecule has 1 aromatic rings. The van der Waals surface area contributed by atoms with Gasteiger partial charge in [0, 0.05) is 25.2 Å². The summed E-state index contributed by atoms with van der Waals surface area (Å²) in [5.41, 5.74) is 2.91. The summed E-state index contributed by atoms with van der Waals surface area (Å²) in [6, 6.07) is 8.72. The second kappa shape index (κ2) is 4.89. The van der Waals surface area contributed by atoms with Gasteiger partial charge in [0.1, 0.15) is 0 Å². The summed E-state index contributed by atoms with van der Waals surface area (Å²) in [5.74, 6) is 2.70. The van der Waals surface area contributed by atoms with Crippen LogP contribution in [-0.4, -0.2) is 13.1 Å². The number of rotatable bonds is 3. The van der Waals surface area contributed by atoms with Crippen molar-refractivity contribution in [2.75, 3.05) is 18.0 Å². The highest BCUT2D eigenvalue weighted by Gasteiger charge is 2.14. The summed E-state index contributed by atoms with van der Waals surface area (Å²) < 4.78 is 0. The maximum atomic E-state index is 5.27. The summed E-state index contributed by atoms with van der Waals surface area (Å²) >= 11 is 0. The molecule has 1 heterocycles. The van der Waals surface area contributed by atoms with Crippen molar-refractivity contribution in [2.24, 2.45) is 0 Å². The van der Waals surface area contributed by atoms with E-state index >= 15 is 0 Å². The predicted molar refractivity (Wildman–Crippen MR) is 65.0 cm³/mol. The van der Waals surface area contributed by atoms with E-state index in [0.29, 0.717) is 0 Å². The van der Waals surface area contributed by atoms with Crippen LogP contribution < -0.4 is 4.90 Å². The number of hydrogen-bond acceptors (Lipinski definition) is 1. The van der Waals surface area contributed by atoms with Crippen molar-refractivity contribution in [1.29, 1.82) is 0 Å². The van der Waals surface area contributed by atoms with E-state index in [1.807, 2.05) is 0 Å². The third kappa shape index (κ3) is 2.33. The van der Waals surface area contributed by atoms with Gasteiger partial charge in [-0.15, -0.1) is 12.3 Å². The lowest BCUT2D eigenvalue weighted by Gasteiger charge is -2.31. The Bertz CT molecular complexity index is 362. The maximum absolute atomic E-state index is 5.27. The van der Waals surface area contributed by atoms with Crippen molar-refractivity contribution >= 4 is 5.69 Å². The number of nitrogens with zero attached hydrogens (tertiary/aromatic N) is 1. The standard InChI is InChI=1S/C14H17N/c1-2-3-6-11-15-12-7-9-13-8-4-5-10-14(13)15/h1,4-5,8,10H,3,6-7,9,11-12H2. The van der Waals surface area contributed by atoms with E-state index in [9.17, 15) is 0 Å². The number of benzene rings is 1. The van der Waals surface area contributed by atoms with Crippen LogP contribution in [0.3, 0.4) is 0 Å². The van der Waals surface area contributed by atoms with Gasteiger partial charge >= 0.3 is 0 Å². The van der Waals surface area contributed by atoms with Gasteiger partial charge in [0.05, 0.1) is 0 Å². The second-order valence-electron chi connectivity index (χ2n) is 4.03. The summed E-state index contributed by atoms with van der Waals surface area (Å²) in [7, 11) is 0. The van der Waals surface area contributed by atoms with Crippen LogP contribution in [0, 0.1) is 12.3 Å². The minimum absolute atomic E-state index is 0.888. The molecule has 1 nitrogen and oxygen atoms in total. The zero-order valence-electron chi connectivity index (χ0n) is 9.08. The molecular formula is C14H17N. The molecule has 0 bridgehead atoms. The lowest BCUT2D eigenvalue weighted by molar-refractivity contribution is 0.671. The van der Waals surface area contributed by atoms with Crippen LogP contribution in [0.4, 0.5) is 5.69 Å². The smallest absolute Gasteiger partial charge is 0.0398 e. The minimum atomic E-state index is 0.888. The topological polar surface area (TPSA) is 3.24 Å². The predicted octanol–water partition coefficient (Wildman–Crippen LogP) is 2.85. The molecule has 0 amide bonds. The van der Waals surface area contributed by atoms with Crippen LogP contribution in [0.15, 0.2) is 24.3 Å². The van der Waals surface area contributed by atoms with Crippen LogP contribution in [0.5, 0.6) is 0 Å². The number of aryl methyl sites for hydroxylation is 1. The Hall–Kier alpha value is -1.42. The molecular weight excluding hydrogens is 182 g/mol. The molecule has 0 unspecified atom stereocenters. The van der Waals surface area contributed by atoms with Gasteiger partial charge in [-0.2, -0.15) is 0 Å². The van der Waals surface area contributed by atoms with Gasteiger partial charge in [-0.1, -0.05) is 18.2 Å². The lowest BCUT2D eigenvalue weighted by atomic mass is 10.0. The van der Waals surface area contributed by atoms with E-state index in [1.165, 1.54) is 30.6 Å². The third-order valence-electron chi connectivity index (χ3n) is 2.96. The molecule has 0 saturated carbocycles. The first-order valence-electron chi connectivity index (χ1n) is 5.68. The molecule has 0 spiro atoms. The van der Waals surface area contributed by atoms with Gasteiger partial charge in [-0.05, 0) is 30.9 Å². The second-order valence-corrected chi connectivity index (χ2v) is 4.03. The van der Waals surface area contributed by atoms with Crippen molar-refractivity contribution in [3.8, 4) is 12.3 Å². The van der Waals surface area contributed by atoms with Crippen LogP contribution in [-0.2, 0) is 6.42 Å². The fraction of sp³-hybridized carbons (Fsp3) is 0.429. The highest BCUT2D eigenvalue weighted by atomic mass is 15.1. The van der Waals surface area contributed by atoms with E-state index in [1.54, 1.807) is 0 Å². The van der Waals surface area contributed by atoms with Crippen molar-refractivity contribution in [3.05, 3.63) is 29.8 Å². The number of anilines is 1. The zero-order valence-corrected chi connectivity index (χ0v) is 9.08. The fourth-order valence-corrected chi connectivity index (χ4v) is 2.22. The van der Waals surface area contributed by atoms with E-state index in [4.69, 9.17) is 6.42 Å². The van der Waals surface area contributed by atoms with Gasteiger partial charge in [0.25, 0.3) is 0 Å². The van der Waals surface area contributed by atoms with Crippen molar-refractivity contribution in [2.45, 2.75) is 25.7 Å². The Morgan fingerprint density at radius 1 is 1.33 bits per heavy atom. The Kier molecular flexibility index (Phi) is 3.29. The molecule has 0 saturated heterocycles. The summed E-state index contributed by atoms with van der Waals surface area (Å²) in [6.07, 6.45) is 9.75. The van der Waals surface area contributed by atoms with E-state index < -0.39 is 0 Å². The zero-order chi connectivity index (χ0) is 10.5. The first kappa shape index (κ1) is 10.1. The Morgan fingerprint density at radius 2 is 2.20 bits per heavy atom. The first-order valence-corrected chi connectivity index (χ1v) is 5.68. The highest BCUT2D eigenvalue weighted by Crippen LogP contribution is 2.26. The van der Waals surface area contributed by atoms with Crippen molar-refractivity contribution in [1.82, 2.24) is 0 Å². The van der Waals surface area contributed by atoms with Gasteiger partial charge in [0.2, 0.25) is 0 Å². The normalized spacial score (nSPS) is 14.5. The average Bonchev–Trinajstić information content (AvgIpc) is 2.30. The molecule has 0 N–H and O–H groups in total. The maximum Gasteiger partial charge on any atom is 0.0398 e. The van der Waals surface area contributed by atoms with Crippen molar-refractivity contribution < 1.29 is 0 Å². The molecule has 0 aliphatic carbocycles. The molecule has 0 radical (unpaired) electrons. The molecule has 0 atom stereocenters. The van der Waals surface area contributed by atoms with E-state index in [-0.39, 0.29) is 0 Å². The molecule has 0 fully saturated rings. The molecule has 1 aliphatic rings. The van der Waals surface area contributed by atoms with Gasteiger partial charge in [0.15, 0.2) is 0 Å². The van der Waals surface area contributed by atoms with Crippen LogP contribution >= 0.6 is 0 Å². The van der Waals surface area contributed by atoms with Crippen LogP contribution in [0.25, 0.3) is 0 Å². The molecule has 0 aromatic heterocycles. The number of terminal acetylenes is 1. The third-order valence-corrected chi connectivity index (χ3v) is 2.96. The number of fused-ring (bicyclic) bond motifs is 1. The van der Waals surface area contributed by atoms with E-state index in [0.717, 1.165) is 19.4 Å². The highest BCUT2D eigenvalue weighted by molar-refractivity contribution is 5.55. The quantitative estimate of drug-likeness (QED) is 0.534. The molecule has 2 rings (SSSR count). The molecule has 1 heteroatoms. The Labute approximate surface area is 92.1 Å². The fourth-order valence-electron chi connectivity index (χ4n) is 2.22. The number of unbranched alkanes of at least 4 members (excludes halogenated alkanes) is 1. The van der Waals surface area contributed by atoms with Crippen LogP contribution in [0.2, 0.25) is 0 Å². The largest absolute Gasteiger partial charge is 0.371 e. The molecule has 15 heavy (non-hydrogen) atoms. The number of para-hydroxylation sites is 1. The minimum Gasteiger partial charge on any atom is -0.371 e. The van der Waals surface area contributed by atoms with E-state index in [2.05, 4.69) is 35.1 Å². The van der Waals surface area contributed by atoms with Crippen LogP contribution in [0.1, 0.15) is 24.8 Å². The average molecular weight is 199 g/mol. The summed E-state index contributed by atoms with van der Waals surface area (Å²) in [4.78, 5) is 2.47. The SMILES string of the molecule is C#CCCCN1CCCc2ccccc21. The first-order chi connectivity index (χ1) is 7.42. The molecule has 1 aliphatic heterocycles.